The zero-order chi connectivity index (χ0) is 13.3. The average Bonchev–Trinajstić information content (AvgIpc) is 2.59. The van der Waals surface area contributed by atoms with Gasteiger partial charge in [-0.2, -0.15) is 10.2 Å². The quantitative estimate of drug-likeness (QED) is 0.827. The van der Waals surface area contributed by atoms with Crippen molar-refractivity contribution < 1.29 is 10.4 Å². The maximum absolute atomic E-state index is 11.1. The molecule has 6 heteroatoms. The topological polar surface area (TPSA) is 65.6 Å². The van der Waals surface area contributed by atoms with Gasteiger partial charge in [-0.05, 0) is 37.1 Å². The molecule has 18 heavy (non-hydrogen) atoms. The highest BCUT2D eigenvalue weighted by atomic mass is 32.2. The average molecular weight is 265 g/mol. The van der Waals surface area contributed by atoms with Gasteiger partial charge < -0.3 is 9.77 Å². The second-order valence-corrected chi connectivity index (χ2v) is 5.30. The van der Waals surface area contributed by atoms with Crippen LogP contribution in [0.3, 0.4) is 0 Å². The summed E-state index contributed by atoms with van der Waals surface area (Å²) in [7, 11) is 1.80. The number of aromatic nitrogens is 2. The highest BCUT2D eigenvalue weighted by Crippen LogP contribution is 2.31. The van der Waals surface area contributed by atoms with E-state index in [1.54, 1.807) is 11.6 Å². The summed E-state index contributed by atoms with van der Waals surface area (Å²) < 4.78 is 1.73. The van der Waals surface area contributed by atoms with Gasteiger partial charge in [-0.1, -0.05) is 17.8 Å². The molecule has 0 radical (unpaired) electrons. The summed E-state index contributed by atoms with van der Waals surface area (Å²) in [5.41, 5.74) is 2.33. The van der Waals surface area contributed by atoms with Crippen molar-refractivity contribution in [2.24, 2.45) is 7.05 Å². The number of hydrogen-bond acceptors (Lipinski definition) is 4. The first-order chi connectivity index (χ1) is 8.47. The third-order valence-corrected chi connectivity index (χ3v) is 3.64. The zero-order valence-corrected chi connectivity index (χ0v) is 11.3. The molecule has 0 aliphatic rings. The monoisotopic (exact) mass is 265 g/mol. The van der Waals surface area contributed by atoms with Crippen molar-refractivity contribution in [3.8, 4) is 0 Å². The van der Waals surface area contributed by atoms with Gasteiger partial charge >= 0.3 is 0 Å². The lowest BCUT2D eigenvalue weighted by Gasteiger charge is -2.11. The molecule has 0 fully saturated rings. The van der Waals surface area contributed by atoms with Gasteiger partial charge in [0.05, 0.1) is 0 Å². The van der Waals surface area contributed by atoms with Crippen molar-refractivity contribution in [1.29, 1.82) is 0 Å². The van der Waals surface area contributed by atoms with Crippen molar-refractivity contribution in [2.45, 2.75) is 23.8 Å². The van der Waals surface area contributed by atoms with E-state index in [1.165, 1.54) is 18.1 Å². The Bertz CT molecular complexity index is 546. The van der Waals surface area contributed by atoms with E-state index in [2.05, 4.69) is 11.1 Å². The minimum absolute atomic E-state index is 0.0988. The highest BCUT2D eigenvalue weighted by molar-refractivity contribution is 7.99. The number of benzene rings is 1. The molecule has 1 atom stereocenters. The smallest absolute Gasteiger partial charge is 0.291 e. The molecule has 1 unspecified atom stereocenters. The van der Waals surface area contributed by atoms with Crippen LogP contribution < -0.4 is 5.23 Å². The predicted octanol–water partition coefficient (Wildman–Crippen LogP) is 1.59. The minimum atomic E-state index is -0.998. The van der Waals surface area contributed by atoms with Crippen molar-refractivity contribution >= 4 is 17.6 Å². The SMILES string of the molecule is Cc1cc(C)cc(Sc2c([NH+]([O-])O)ncn2C)c1. The number of rotatable bonds is 3. The number of hydrogen-bond donors (Lipinski definition) is 2. The summed E-state index contributed by atoms with van der Waals surface area (Å²) in [5.74, 6) is 0.0988. The summed E-state index contributed by atoms with van der Waals surface area (Å²) in [6.07, 6.45) is 1.52. The highest BCUT2D eigenvalue weighted by Gasteiger charge is 2.16. The molecule has 2 aromatic rings. The molecule has 5 nitrogen and oxygen atoms in total. The summed E-state index contributed by atoms with van der Waals surface area (Å²) in [6, 6.07) is 6.16. The van der Waals surface area contributed by atoms with E-state index in [1.807, 2.05) is 26.0 Å². The molecule has 0 bridgehead atoms. The second-order valence-electron chi connectivity index (χ2n) is 4.24. The van der Waals surface area contributed by atoms with Gasteiger partial charge in [-0.15, -0.1) is 0 Å². The van der Waals surface area contributed by atoms with Crippen molar-refractivity contribution in [3.63, 3.8) is 0 Å². The van der Waals surface area contributed by atoms with Crippen LogP contribution in [0.1, 0.15) is 11.1 Å². The number of imidazole rings is 1. The summed E-state index contributed by atoms with van der Waals surface area (Å²) >= 11 is 1.42. The van der Waals surface area contributed by atoms with E-state index in [0.29, 0.717) is 5.03 Å². The molecule has 0 saturated heterocycles. The Morgan fingerprint density at radius 1 is 1.28 bits per heavy atom. The normalized spacial score (nSPS) is 12.7. The molecule has 0 saturated carbocycles. The molecule has 0 aliphatic heterocycles. The first-order valence-electron chi connectivity index (χ1n) is 5.48. The zero-order valence-electron chi connectivity index (χ0n) is 10.5. The number of nitrogens with zero attached hydrogens (tertiary/aromatic N) is 2. The van der Waals surface area contributed by atoms with Crippen LogP contribution in [0.2, 0.25) is 0 Å². The Hall–Kier alpha value is -1.34. The van der Waals surface area contributed by atoms with E-state index < -0.39 is 5.23 Å². The Balaban J connectivity index is 2.36. The molecule has 2 rings (SSSR count). The molecule has 96 valence electrons. The van der Waals surface area contributed by atoms with Gasteiger partial charge in [0.15, 0.2) is 5.03 Å². The van der Waals surface area contributed by atoms with Crippen molar-refractivity contribution in [1.82, 2.24) is 9.55 Å². The fraction of sp³-hybridized carbons (Fsp3) is 0.250. The van der Waals surface area contributed by atoms with Crippen LogP contribution in [0.15, 0.2) is 34.4 Å². The molecular formula is C12H15N3O2S. The largest absolute Gasteiger partial charge is 0.594 e. The minimum Gasteiger partial charge on any atom is -0.594 e. The van der Waals surface area contributed by atoms with Gasteiger partial charge in [-0.3, -0.25) is 0 Å². The van der Waals surface area contributed by atoms with Crippen molar-refractivity contribution in [2.75, 3.05) is 0 Å². The Morgan fingerprint density at radius 2 is 1.89 bits per heavy atom. The summed E-state index contributed by atoms with van der Waals surface area (Å²) in [5, 5.41) is 19.8. The van der Waals surface area contributed by atoms with Crippen LogP contribution in [0.25, 0.3) is 0 Å². The maximum atomic E-state index is 11.1. The molecule has 0 spiro atoms. The lowest BCUT2D eigenvalue weighted by atomic mass is 10.2. The van der Waals surface area contributed by atoms with Gasteiger partial charge in [0, 0.05) is 11.9 Å². The fourth-order valence-electron chi connectivity index (χ4n) is 1.79. The Kier molecular flexibility index (Phi) is 3.72. The first-order valence-corrected chi connectivity index (χ1v) is 6.30. The lowest BCUT2D eigenvalue weighted by Crippen LogP contribution is -2.99. The third-order valence-electron chi connectivity index (χ3n) is 2.50. The van der Waals surface area contributed by atoms with E-state index in [-0.39, 0.29) is 5.82 Å². The lowest BCUT2D eigenvalue weighted by molar-refractivity contribution is -0.994. The van der Waals surface area contributed by atoms with E-state index in [0.717, 1.165) is 16.0 Å². The van der Waals surface area contributed by atoms with Crippen LogP contribution >= 0.6 is 11.8 Å². The molecule has 0 amide bonds. The number of nitrogens with one attached hydrogen (secondary N) is 1. The van der Waals surface area contributed by atoms with Gasteiger partial charge in [0.25, 0.3) is 5.82 Å². The summed E-state index contributed by atoms with van der Waals surface area (Å²) in [6.45, 7) is 4.05. The van der Waals surface area contributed by atoms with E-state index in [4.69, 9.17) is 5.21 Å². The fourth-order valence-corrected chi connectivity index (χ4v) is 2.93. The Morgan fingerprint density at radius 3 is 2.44 bits per heavy atom. The molecule has 1 heterocycles. The predicted molar refractivity (Wildman–Crippen MR) is 69.0 cm³/mol. The molecule has 1 aromatic carbocycles. The first kappa shape index (κ1) is 13.1. The molecule has 1 aromatic heterocycles. The van der Waals surface area contributed by atoms with Crippen LogP contribution in [0.5, 0.6) is 0 Å². The Labute approximate surface area is 110 Å². The standard InChI is InChI=1S/C12H15N3O2S/c1-8-4-9(2)6-10(5-8)18-12-11(15(16)17)13-7-14(12)3/h4-7,15-16H,1-3H3. The van der Waals surface area contributed by atoms with Crippen LogP contribution in [0, 0.1) is 19.1 Å². The third kappa shape index (κ3) is 2.73. The van der Waals surface area contributed by atoms with Gasteiger partial charge in [-0.25, -0.2) is 5.21 Å². The number of quaternary nitrogens is 1. The van der Waals surface area contributed by atoms with E-state index in [9.17, 15) is 5.21 Å². The van der Waals surface area contributed by atoms with Crippen LogP contribution in [-0.2, 0) is 7.05 Å². The maximum Gasteiger partial charge on any atom is 0.291 e. The van der Waals surface area contributed by atoms with Crippen molar-refractivity contribution in [3.05, 3.63) is 40.9 Å². The molecular weight excluding hydrogens is 250 g/mol. The number of aryl methyl sites for hydroxylation is 3. The van der Waals surface area contributed by atoms with Gasteiger partial charge in [0.1, 0.15) is 6.33 Å². The molecule has 0 aliphatic carbocycles. The van der Waals surface area contributed by atoms with E-state index >= 15 is 0 Å². The van der Waals surface area contributed by atoms with Crippen LogP contribution in [-0.4, -0.2) is 14.8 Å². The molecule has 2 N–H and O–H groups in total. The van der Waals surface area contributed by atoms with Crippen LogP contribution in [0.4, 0.5) is 5.82 Å². The summed E-state index contributed by atoms with van der Waals surface area (Å²) in [4.78, 5) is 4.93. The second kappa shape index (κ2) is 5.11. The van der Waals surface area contributed by atoms with Gasteiger partial charge in [0.2, 0.25) is 0 Å².